The summed E-state index contributed by atoms with van der Waals surface area (Å²) in [5.74, 6) is -1.31. The molecule has 3 heterocycles. The zero-order valence-corrected chi connectivity index (χ0v) is 17.5. The first kappa shape index (κ1) is 19.5. The van der Waals surface area contributed by atoms with Crippen molar-refractivity contribution in [2.45, 2.75) is 32.7 Å². The molecule has 2 bridgehead atoms. The van der Waals surface area contributed by atoms with Gasteiger partial charge in [-0.05, 0) is 54.5 Å². The fourth-order valence-electron chi connectivity index (χ4n) is 5.73. The van der Waals surface area contributed by atoms with Gasteiger partial charge in [0.2, 0.25) is 0 Å². The number of ether oxygens (including phenoxy) is 1. The molecule has 2 saturated heterocycles. The highest BCUT2D eigenvalue weighted by Crippen LogP contribution is 2.60. The van der Waals surface area contributed by atoms with Crippen LogP contribution in [0, 0.1) is 22.5 Å². The van der Waals surface area contributed by atoms with Crippen LogP contribution < -0.4 is 4.74 Å². The molecule has 158 valence electrons. The van der Waals surface area contributed by atoms with Gasteiger partial charge in [-0.2, -0.15) is 0 Å². The summed E-state index contributed by atoms with van der Waals surface area (Å²) in [6, 6.07) is 10.3. The van der Waals surface area contributed by atoms with Crippen molar-refractivity contribution in [2.24, 2.45) is 17.9 Å². The van der Waals surface area contributed by atoms with E-state index in [1.54, 1.807) is 0 Å². The van der Waals surface area contributed by atoms with Crippen molar-refractivity contribution in [3.05, 3.63) is 59.9 Å². The zero-order chi connectivity index (χ0) is 20.9. The van der Waals surface area contributed by atoms with Crippen LogP contribution in [0.1, 0.15) is 31.7 Å². The molecular weight excluding hydrogens is 384 g/mol. The number of rotatable bonds is 6. The molecule has 0 unspecified atom stereocenters. The Balaban J connectivity index is 1.30. The second kappa shape index (κ2) is 7.05. The molecule has 6 heteroatoms. The Morgan fingerprint density at radius 3 is 2.60 bits per heavy atom. The Labute approximate surface area is 175 Å². The summed E-state index contributed by atoms with van der Waals surface area (Å²) < 4.78 is 34.7. The monoisotopic (exact) mass is 411 g/mol. The van der Waals surface area contributed by atoms with Crippen LogP contribution in [0.5, 0.6) is 5.75 Å². The van der Waals surface area contributed by atoms with Gasteiger partial charge in [0.25, 0.3) is 0 Å². The third kappa shape index (κ3) is 3.37. The lowest BCUT2D eigenvalue weighted by molar-refractivity contribution is -0.155. The van der Waals surface area contributed by atoms with Crippen LogP contribution in [0.2, 0.25) is 0 Å². The van der Waals surface area contributed by atoms with Gasteiger partial charge in [0, 0.05) is 38.2 Å². The normalized spacial score (nSPS) is 26.0. The van der Waals surface area contributed by atoms with Crippen molar-refractivity contribution >= 4 is 11.0 Å². The van der Waals surface area contributed by atoms with Gasteiger partial charge in [-0.1, -0.05) is 13.0 Å². The van der Waals surface area contributed by atoms with E-state index in [1.807, 2.05) is 17.9 Å². The smallest absolute Gasteiger partial charge is 0.162 e. The molecule has 1 saturated carbocycles. The second-order valence-electron chi connectivity index (χ2n) is 9.40. The highest BCUT2D eigenvalue weighted by molar-refractivity contribution is 5.75. The second-order valence-corrected chi connectivity index (χ2v) is 9.40. The van der Waals surface area contributed by atoms with Gasteiger partial charge < -0.3 is 9.30 Å². The molecule has 6 rings (SSSR count). The molecule has 4 nitrogen and oxygen atoms in total. The van der Waals surface area contributed by atoms with E-state index in [-0.39, 0.29) is 5.41 Å². The van der Waals surface area contributed by atoms with Crippen molar-refractivity contribution in [1.82, 2.24) is 14.5 Å². The number of fused-ring (bicyclic) bond motifs is 3. The van der Waals surface area contributed by atoms with Gasteiger partial charge in [-0.25, -0.2) is 13.8 Å². The van der Waals surface area contributed by atoms with Crippen LogP contribution in [0.4, 0.5) is 8.78 Å². The standard InChI is InChI=1S/C24H27F2N3O/c1-3-23-11-24(12-23,15-30-18-5-6-19(25)20(26)9-18)14-29(13-23)10-17-4-7-22-21(8-17)27-16-28(22)2/h4-9,16H,3,10-15H2,1-2H3. The highest BCUT2D eigenvalue weighted by atomic mass is 19.2. The summed E-state index contributed by atoms with van der Waals surface area (Å²) in [6.07, 6.45) is 5.27. The summed E-state index contributed by atoms with van der Waals surface area (Å²) in [4.78, 5) is 7.01. The van der Waals surface area contributed by atoms with Gasteiger partial charge in [0.05, 0.1) is 24.0 Å². The fraction of sp³-hybridized carbons (Fsp3) is 0.458. The number of benzene rings is 2. The van der Waals surface area contributed by atoms with E-state index in [0.717, 1.165) is 62.1 Å². The number of hydrogen-bond acceptors (Lipinski definition) is 3. The van der Waals surface area contributed by atoms with Crippen molar-refractivity contribution in [3.8, 4) is 5.75 Å². The third-order valence-corrected chi connectivity index (χ3v) is 7.00. The Morgan fingerprint density at radius 2 is 1.83 bits per heavy atom. The number of imidazole rings is 1. The Hall–Kier alpha value is -2.47. The molecule has 3 fully saturated rings. The Morgan fingerprint density at radius 1 is 1.03 bits per heavy atom. The molecule has 0 spiro atoms. The summed E-state index contributed by atoms with van der Waals surface area (Å²) in [5.41, 5.74) is 3.85. The zero-order valence-electron chi connectivity index (χ0n) is 17.5. The minimum Gasteiger partial charge on any atom is -0.493 e. The van der Waals surface area contributed by atoms with E-state index in [4.69, 9.17) is 4.74 Å². The van der Waals surface area contributed by atoms with E-state index in [9.17, 15) is 8.78 Å². The number of aromatic nitrogens is 2. The molecule has 3 aromatic rings. The lowest BCUT2D eigenvalue weighted by atomic mass is 9.49. The average Bonchev–Trinajstić information content (AvgIpc) is 3.08. The molecule has 3 aliphatic rings. The lowest BCUT2D eigenvalue weighted by Crippen LogP contribution is -2.64. The van der Waals surface area contributed by atoms with Gasteiger partial charge in [-0.3, -0.25) is 4.90 Å². The van der Waals surface area contributed by atoms with Crippen LogP contribution in [0.25, 0.3) is 11.0 Å². The van der Waals surface area contributed by atoms with Gasteiger partial charge in [0.15, 0.2) is 11.6 Å². The molecule has 0 amide bonds. The number of halogens is 2. The Bertz CT molecular complexity index is 1090. The van der Waals surface area contributed by atoms with Gasteiger partial charge >= 0.3 is 0 Å². The van der Waals surface area contributed by atoms with Crippen molar-refractivity contribution in [1.29, 1.82) is 0 Å². The number of nitrogens with zero attached hydrogens (tertiary/aromatic N) is 3. The van der Waals surface area contributed by atoms with Crippen molar-refractivity contribution < 1.29 is 13.5 Å². The molecule has 0 N–H and O–H groups in total. The van der Waals surface area contributed by atoms with E-state index in [1.165, 1.54) is 11.6 Å². The molecule has 1 aliphatic carbocycles. The number of hydrogen-bond donors (Lipinski definition) is 0. The molecule has 2 aliphatic heterocycles. The van der Waals surface area contributed by atoms with Crippen LogP contribution >= 0.6 is 0 Å². The minimum absolute atomic E-state index is 0.0776. The topological polar surface area (TPSA) is 30.3 Å². The van der Waals surface area contributed by atoms with Gasteiger partial charge in [0.1, 0.15) is 5.75 Å². The highest BCUT2D eigenvalue weighted by Gasteiger charge is 2.58. The quantitative estimate of drug-likeness (QED) is 0.577. The maximum atomic E-state index is 13.5. The number of aryl methyl sites for hydroxylation is 1. The van der Waals surface area contributed by atoms with E-state index in [2.05, 4.69) is 35.0 Å². The first-order valence-corrected chi connectivity index (χ1v) is 10.6. The van der Waals surface area contributed by atoms with Crippen LogP contribution in [-0.4, -0.2) is 34.1 Å². The van der Waals surface area contributed by atoms with Crippen LogP contribution in [0.15, 0.2) is 42.7 Å². The maximum Gasteiger partial charge on any atom is 0.162 e. The first-order chi connectivity index (χ1) is 14.4. The van der Waals surface area contributed by atoms with Crippen molar-refractivity contribution in [3.63, 3.8) is 0 Å². The average molecular weight is 411 g/mol. The van der Waals surface area contributed by atoms with E-state index < -0.39 is 11.6 Å². The molecule has 2 aromatic carbocycles. The summed E-state index contributed by atoms with van der Waals surface area (Å²) in [5, 5.41) is 0. The third-order valence-electron chi connectivity index (χ3n) is 7.00. The van der Waals surface area contributed by atoms with E-state index >= 15 is 0 Å². The molecule has 1 aromatic heterocycles. The summed E-state index contributed by atoms with van der Waals surface area (Å²) in [6.45, 7) is 5.75. The molecule has 0 radical (unpaired) electrons. The van der Waals surface area contributed by atoms with Crippen LogP contribution in [0.3, 0.4) is 0 Å². The molecule has 0 atom stereocenters. The molecular formula is C24H27F2N3O. The fourth-order valence-corrected chi connectivity index (χ4v) is 5.73. The first-order valence-electron chi connectivity index (χ1n) is 10.6. The van der Waals surface area contributed by atoms with E-state index in [0.29, 0.717) is 17.8 Å². The molecule has 30 heavy (non-hydrogen) atoms. The predicted octanol–water partition coefficient (Wildman–Crippen LogP) is 4.92. The predicted molar refractivity (Wildman–Crippen MR) is 112 cm³/mol. The SMILES string of the molecule is CCC12CN(Cc3ccc4c(c3)ncn4C)CC(COc3ccc(F)c(F)c3)(C1)C2. The minimum atomic E-state index is -0.864. The van der Waals surface area contributed by atoms with Crippen molar-refractivity contribution in [2.75, 3.05) is 19.7 Å². The van der Waals surface area contributed by atoms with Crippen LogP contribution in [-0.2, 0) is 13.6 Å². The summed E-state index contributed by atoms with van der Waals surface area (Å²) in [7, 11) is 2.01. The largest absolute Gasteiger partial charge is 0.493 e. The lowest BCUT2D eigenvalue weighted by Gasteiger charge is -2.63. The summed E-state index contributed by atoms with van der Waals surface area (Å²) >= 11 is 0. The number of piperidine rings is 2. The Kier molecular flexibility index (Phi) is 4.58. The van der Waals surface area contributed by atoms with Gasteiger partial charge in [-0.15, -0.1) is 0 Å². The maximum absolute atomic E-state index is 13.5.